The lowest BCUT2D eigenvalue weighted by Gasteiger charge is -2.41. The summed E-state index contributed by atoms with van der Waals surface area (Å²) in [5, 5.41) is 10.2. The van der Waals surface area contributed by atoms with E-state index in [2.05, 4.69) is 0 Å². The summed E-state index contributed by atoms with van der Waals surface area (Å²) in [4.78, 5) is 14.1. The summed E-state index contributed by atoms with van der Waals surface area (Å²) < 4.78 is 10.6. The molecular formula is C11H17NO4. The second-order valence-corrected chi connectivity index (χ2v) is 5.50. The van der Waals surface area contributed by atoms with Gasteiger partial charge in [0.15, 0.2) is 0 Å². The SMILES string of the molecule is CC1(C)OC[C@@H]2C[C@@H](C3(O)COC3)C(=O)N21. The smallest absolute Gasteiger partial charge is 0.231 e. The van der Waals surface area contributed by atoms with Gasteiger partial charge in [-0.05, 0) is 20.3 Å². The molecule has 16 heavy (non-hydrogen) atoms. The molecule has 3 saturated heterocycles. The van der Waals surface area contributed by atoms with Gasteiger partial charge in [0.05, 0.1) is 31.8 Å². The molecule has 0 aromatic heterocycles. The first kappa shape index (κ1) is 10.5. The number of carbonyl (C=O) groups is 1. The number of hydrogen-bond acceptors (Lipinski definition) is 4. The number of aliphatic hydroxyl groups is 1. The Bertz CT molecular complexity index is 337. The van der Waals surface area contributed by atoms with E-state index in [0.717, 1.165) is 0 Å². The van der Waals surface area contributed by atoms with Crippen molar-refractivity contribution in [3.63, 3.8) is 0 Å². The Balaban J connectivity index is 1.85. The van der Waals surface area contributed by atoms with Crippen molar-refractivity contribution in [1.29, 1.82) is 0 Å². The van der Waals surface area contributed by atoms with Gasteiger partial charge in [0.25, 0.3) is 0 Å². The largest absolute Gasteiger partial charge is 0.384 e. The van der Waals surface area contributed by atoms with Gasteiger partial charge < -0.3 is 19.5 Å². The zero-order chi connectivity index (χ0) is 11.6. The highest BCUT2D eigenvalue weighted by atomic mass is 16.5. The van der Waals surface area contributed by atoms with E-state index >= 15 is 0 Å². The van der Waals surface area contributed by atoms with Crippen LogP contribution in [0.4, 0.5) is 0 Å². The van der Waals surface area contributed by atoms with Crippen LogP contribution in [0.25, 0.3) is 0 Å². The molecule has 90 valence electrons. The van der Waals surface area contributed by atoms with Crippen LogP contribution in [0.1, 0.15) is 20.3 Å². The third-order valence-electron chi connectivity index (χ3n) is 3.97. The minimum atomic E-state index is -0.933. The topological polar surface area (TPSA) is 59.0 Å². The van der Waals surface area contributed by atoms with E-state index < -0.39 is 11.3 Å². The van der Waals surface area contributed by atoms with Crippen molar-refractivity contribution in [1.82, 2.24) is 4.90 Å². The molecule has 3 fully saturated rings. The Kier molecular flexibility index (Phi) is 1.95. The van der Waals surface area contributed by atoms with E-state index in [9.17, 15) is 9.90 Å². The minimum Gasteiger partial charge on any atom is -0.384 e. The van der Waals surface area contributed by atoms with Gasteiger partial charge in [0.1, 0.15) is 11.3 Å². The Morgan fingerprint density at radius 1 is 1.44 bits per heavy atom. The zero-order valence-corrected chi connectivity index (χ0v) is 9.60. The summed E-state index contributed by atoms with van der Waals surface area (Å²) in [5.74, 6) is -0.298. The predicted octanol–water partition coefficient (Wildman–Crippen LogP) is -0.269. The number of rotatable bonds is 1. The highest BCUT2D eigenvalue weighted by molar-refractivity contribution is 5.84. The van der Waals surface area contributed by atoms with Gasteiger partial charge in [0, 0.05) is 0 Å². The maximum absolute atomic E-state index is 12.3. The van der Waals surface area contributed by atoms with Crippen molar-refractivity contribution < 1.29 is 19.4 Å². The average molecular weight is 227 g/mol. The molecule has 2 atom stereocenters. The molecule has 0 aliphatic carbocycles. The van der Waals surface area contributed by atoms with Crippen molar-refractivity contribution >= 4 is 5.91 Å². The molecule has 3 aliphatic heterocycles. The van der Waals surface area contributed by atoms with Crippen LogP contribution < -0.4 is 0 Å². The van der Waals surface area contributed by atoms with Gasteiger partial charge in [-0.2, -0.15) is 0 Å². The Labute approximate surface area is 94.3 Å². The summed E-state index contributed by atoms with van der Waals surface area (Å²) in [7, 11) is 0. The Hall–Kier alpha value is -0.650. The van der Waals surface area contributed by atoms with E-state index in [4.69, 9.17) is 9.47 Å². The lowest BCUT2D eigenvalue weighted by Crippen LogP contribution is -2.58. The number of fused-ring (bicyclic) bond motifs is 1. The quantitative estimate of drug-likeness (QED) is 0.670. The van der Waals surface area contributed by atoms with E-state index in [0.29, 0.717) is 13.0 Å². The molecule has 3 aliphatic rings. The van der Waals surface area contributed by atoms with Gasteiger partial charge >= 0.3 is 0 Å². The van der Waals surface area contributed by atoms with E-state index in [1.807, 2.05) is 13.8 Å². The molecule has 3 rings (SSSR count). The number of nitrogens with zero attached hydrogens (tertiary/aromatic N) is 1. The fourth-order valence-electron chi connectivity index (χ4n) is 3.01. The highest BCUT2D eigenvalue weighted by Crippen LogP contribution is 2.43. The number of ether oxygens (including phenoxy) is 2. The van der Waals surface area contributed by atoms with Crippen LogP contribution in [0.3, 0.4) is 0 Å². The molecule has 5 nitrogen and oxygen atoms in total. The van der Waals surface area contributed by atoms with Crippen LogP contribution in [0.2, 0.25) is 0 Å². The highest BCUT2D eigenvalue weighted by Gasteiger charge is 2.59. The molecule has 1 N–H and O–H groups in total. The summed E-state index contributed by atoms with van der Waals surface area (Å²) >= 11 is 0. The summed E-state index contributed by atoms with van der Waals surface area (Å²) in [6.07, 6.45) is 0.683. The predicted molar refractivity (Wildman–Crippen MR) is 54.5 cm³/mol. The minimum absolute atomic E-state index is 0.0123. The number of amides is 1. The average Bonchev–Trinajstić information content (AvgIpc) is 2.63. The molecule has 0 radical (unpaired) electrons. The van der Waals surface area contributed by atoms with Gasteiger partial charge in [-0.15, -0.1) is 0 Å². The molecule has 5 heteroatoms. The molecule has 0 unspecified atom stereocenters. The molecule has 0 spiro atoms. The van der Waals surface area contributed by atoms with Gasteiger partial charge in [-0.3, -0.25) is 4.79 Å². The first-order valence-corrected chi connectivity index (χ1v) is 5.71. The van der Waals surface area contributed by atoms with E-state index in [1.54, 1.807) is 4.90 Å². The van der Waals surface area contributed by atoms with Crippen LogP contribution in [0.5, 0.6) is 0 Å². The first-order chi connectivity index (χ1) is 7.44. The van der Waals surface area contributed by atoms with Crippen LogP contribution in [-0.2, 0) is 14.3 Å². The normalized spacial score (nSPS) is 39.7. The second-order valence-electron chi connectivity index (χ2n) is 5.50. The molecule has 0 aromatic rings. The maximum atomic E-state index is 12.3. The van der Waals surface area contributed by atoms with Crippen molar-refractivity contribution in [2.75, 3.05) is 19.8 Å². The van der Waals surface area contributed by atoms with Gasteiger partial charge in [-0.25, -0.2) is 0 Å². The van der Waals surface area contributed by atoms with Crippen molar-refractivity contribution in [3.05, 3.63) is 0 Å². The van der Waals surface area contributed by atoms with Gasteiger partial charge in [0.2, 0.25) is 5.91 Å². The van der Waals surface area contributed by atoms with Crippen molar-refractivity contribution in [2.45, 2.75) is 37.6 Å². The Morgan fingerprint density at radius 2 is 2.12 bits per heavy atom. The van der Waals surface area contributed by atoms with Gasteiger partial charge in [-0.1, -0.05) is 0 Å². The van der Waals surface area contributed by atoms with Crippen molar-refractivity contribution in [3.8, 4) is 0 Å². The van der Waals surface area contributed by atoms with E-state index in [-0.39, 0.29) is 31.1 Å². The monoisotopic (exact) mass is 227 g/mol. The standard InChI is InChI=1S/C11H17NO4/c1-10(2)12-7(4-16-10)3-8(9(12)13)11(14)5-15-6-11/h7-8,14H,3-6H2,1-2H3/t7-,8+/m0/s1. The van der Waals surface area contributed by atoms with Crippen LogP contribution in [0.15, 0.2) is 0 Å². The second kappa shape index (κ2) is 2.97. The third-order valence-corrected chi connectivity index (χ3v) is 3.97. The summed E-state index contributed by atoms with van der Waals surface area (Å²) in [6.45, 7) is 4.94. The van der Waals surface area contributed by atoms with Crippen LogP contribution in [-0.4, -0.2) is 53.1 Å². The summed E-state index contributed by atoms with van der Waals surface area (Å²) in [5.41, 5.74) is -1.46. The fourth-order valence-corrected chi connectivity index (χ4v) is 3.01. The first-order valence-electron chi connectivity index (χ1n) is 5.71. The maximum Gasteiger partial charge on any atom is 0.231 e. The molecule has 3 heterocycles. The molecule has 0 saturated carbocycles. The van der Waals surface area contributed by atoms with E-state index in [1.165, 1.54) is 0 Å². The molecule has 0 bridgehead atoms. The third kappa shape index (κ3) is 1.19. The number of hydrogen-bond donors (Lipinski definition) is 1. The molecule has 0 aromatic carbocycles. The molecule has 1 amide bonds. The molecular weight excluding hydrogens is 210 g/mol. The Morgan fingerprint density at radius 3 is 2.62 bits per heavy atom. The lowest BCUT2D eigenvalue weighted by molar-refractivity contribution is -0.209. The zero-order valence-electron chi connectivity index (χ0n) is 9.60. The lowest BCUT2D eigenvalue weighted by atomic mass is 9.83. The van der Waals surface area contributed by atoms with Crippen LogP contribution >= 0.6 is 0 Å². The number of carbonyl (C=O) groups excluding carboxylic acids is 1. The van der Waals surface area contributed by atoms with Crippen LogP contribution in [0, 0.1) is 5.92 Å². The van der Waals surface area contributed by atoms with Crippen molar-refractivity contribution in [2.24, 2.45) is 5.92 Å². The summed E-state index contributed by atoms with van der Waals surface area (Å²) in [6, 6.07) is 0.122. The fraction of sp³-hybridized carbons (Fsp3) is 0.909.